The Morgan fingerprint density at radius 3 is 2.12 bits per heavy atom. The summed E-state index contributed by atoms with van der Waals surface area (Å²) >= 11 is 1.58. The highest BCUT2D eigenvalue weighted by Crippen LogP contribution is 2.31. The molecular formula is C57H73ClN12O7S. The standard InChI is InChI=1S/C57H72N12O7S.ClH/c1-36-51(77-35-61-36)40-10-6-38(7-11-40)31-60-54(74)47-30-45(70)33-69(47)55(75)52(57(2,3)4)65-50(72)34-66-22-20-39(21-23-66)32-67-24-26-68(27-25-67)44-17-15-42(16-18-44)62-49(71)28-37-8-13-43(14-9-37)63-53(73)41-12-19-46(64-56(58)59)48(29-41)76-5;/h6-19,29,35,39,45,47,52,70H,20-28,30-34H2,1-5H3,(H,60,74)(H,62,71)(H,63,73)(H,65,72)(H4,58,59,64);1H/t45-,47+,52-;/m1./s1. The third-order valence-electron chi connectivity index (χ3n) is 14.5. The van der Waals surface area contributed by atoms with Crippen molar-refractivity contribution in [2.45, 2.75) is 78.1 Å². The number of thiazole rings is 1. The molecule has 19 nitrogen and oxygen atoms in total. The minimum atomic E-state index is -0.886. The number of rotatable bonds is 18. The number of carbonyl (C=O) groups is 5. The van der Waals surface area contributed by atoms with E-state index in [9.17, 15) is 29.1 Å². The number of aryl methyl sites for hydroxylation is 1. The van der Waals surface area contributed by atoms with Crippen LogP contribution in [0.5, 0.6) is 5.75 Å². The highest BCUT2D eigenvalue weighted by atomic mass is 35.5. The first-order valence-electron chi connectivity index (χ1n) is 26.2. The van der Waals surface area contributed by atoms with Crippen LogP contribution in [0.2, 0.25) is 0 Å². The number of aliphatic hydroxyl groups excluding tert-OH is 1. The van der Waals surface area contributed by atoms with Crippen molar-refractivity contribution in [1.82, 2.24) is 30.3 Å². The Balaban J connectivity index is 0.00000882. The molecule has 0 radical (unpaired) electrons. The van der Waals surface area contributed by atoms with Gasteiger partial charge in [0.25, 0.3) is 5.91 Å². The minimum Gasteiger partial charge on any atom is -0.494 e. The number of ether oxygens (including phenoxy) is 1. The number of piperazine rings is 1. The van der Waals surface area contributed by atoms with Gasteiger partial charge in [-0.15, -0.1) is 23.7 Å². The number of aromatic nitrogens is 1. The molecule has 3 atom stereocenters. The number of aliphatic hydroxyl groups is 1. The molecule has 416 valence electrons. The second kappa shape index (κ2) is 26.5. The number of likely N-dealkylation sites (tertiary alicyclic amines) is 2. The number of carbonyl (C=O) groups excluding carboxylic acids is 5. The van der Waals surface area contributed by atoms with E-state index in [1.807, 2.05) is 81.7 Å². The number of benzene rings is 4. The van der Waals surface area contributed by atoms with Crippen molar-refractivity contribution >= 4 is 82.0 Å². The maximum absolute atomic E-state index is 14.2. The Morgan fingerprint density at radius 2 is 1.49 bits per heavy atom. The van der Waals surface area contributed by atoms with Crippen molar-refractivity contribution < 1.29 is 33.8 Å². The summed E-state index contributed by atoms with van der Waals surface area (Å²) in [6.45, 7) is 14.4. The third kappa shape index (κ3) is 15.6. The smallest absolute Gasteiger partial charge is 0.255 e. The molecule has 3 saturated heterocycles. The van der Waals surface area contributed by atoms with E-state index in [1.54, 1.807) is 53.8 Å². The van der Waals surface area contributed by atoms with Crippen LogP contribution < -0.4 is 42.4 Å². The number of nitrogens with one attached hydrogen (secondary N) is 4. The molecule has 3 aliphatic rings. The molecule has 4 heterocycles. The van der Waals surface area contributed by atoms with Gasteiger partial charge in [-0.1, -0.05) is 57.2 Å². The molecule has 4 aromatic carbocycles. The van der Waals surface area contributed by atoms with Gasteiger partial charge in [-0.25, -0.2) is 9.98 Å². The van der Waals surface area contributed by atoms with Crippen molar-refractivity contribution in [1.29, 1.82) is 0 Å². The third-order valence-corrected chi connectivity index (χ3v) is 15.4. The van der Waals surface area contributed by atoms with Gasteiger partial charge >= 0.3 is 0 Å². The predicted octanol–water partition coefficient (Wildman–Crippen LogP) is 5.53. The van der Waals surface area contributed by atoms with Gasteiger partial charge in [0.1, 0.15) is 23.5 Å². The zero-order valence-electron chi connectivity index (χ0n) is 45.0. The average molecular weight is 1110 g/mol. The summed E-state index contributed by atoms with van der Waals surface area (Å²) in [6, 6.07) is 26.0. The summed E-state index contributed by atoms with van der Waals surface area (Å²) in [5, 5.41) is 22.5. The number of β-amino-alcohol motifs (C(OH)–C–C–N with tert-alkyl or cyclic N) is 1. The molecule has 5 amide bonds. The number of halogens is 1. The monoisotopic (exact) mass is 1100 g/mol. The lowest BCUT2D eigenvalue weighted by Crippen LogP contribution is -2.59. The molecule has 8 rings (SSSR count). The topological polar surface area (TPSA) is 253 Å². The molecule has 21 heteroatoms. The van der Waals surface area contributed by atoms with Crippen LogP contribution in [0, 0.1) is 18.3 Å². The summed E-state index contributed by atoms with van der Waals surface area (Å²) in [6.07, 6.45) is 1.39. The van der Waals surface area contributed by atoms with Gasteiger partial charge in [0.05, 0.1) is 42.3 Å². The van der Waals surface area contributed by atoms with E-state index in [-0.39, 0.29) is 80.4 Å². The van der Waals surface area contributed by atoms with Gasteiger partial charge in [-0.3, -0.25) is 33.8 Å². The zero-order valence-corrected chi connectivity index (χ0v) is 46.6. The first-order chi connectivity index (χ1) is 36.9. The minimum absolute atomic E-state index is 0. The largest absolute Gasteiger partial charge is 0.494 e. The highest BCUT2D eigenvalue weighted by Gasteiger charge is 2.44. The number of aliphatic imine (C=N–C) groups is 1. The van der Waals surface area contributed by atoms with Gasteiger partial charge in [0.2, 0.25) is 23.6 Å². The Kier molecular flexibility index (Phi) is 19.9. The van der Waals surface area contributed by atoms with Gasteiger partial charge in [-0.2, -0.15) is 0 Å². The molecule has 0 aliphatic carbocycles. The second-order valence-electron chi connectivity index (χ2n) is 21.3. The number of anilines is 3. The fourth-order valence-corrected chi connectivity index (χ4v) is 11.0. The molecule has 5 aromatic rings. The molecule has 0 spiro atoms. The van der Waals surface area contributed by atoms with Crippen molar-refractivity contribution in [3.63, 3.8) is 0 Å². The average Bonchev–Trinajstić information content (AvgIpc) is 4.04. The maximum Gasteiger partial charge on any atom is 0.255 e. The van der Waals surface area contributed by atoms with Gasteiger partial charge in [0, 0.05) is 74.9 Å². The summed E-state index contributed by atoms with van der Waals surface area (Å²) in [7, 11) is 1.47. The first-order valence-corrected chi connectivity index (χ1v) is 27.1. The first kappa shape index (κ1) is 58.6. The van der Waals surface area contributed by atoms with E-state index in [0.29, 0.717) is 34.3 Å². The number of methoxy groups -OCH3 is 1. The fourth-order valence-electron chi connectivity index (χ4n) is 10.2. The van der Waals surface area contributed by atoms with Crippen LogP contribution in [-0.2, 0) is 32.1 Å². The Morgan fingerprint density at radius 1 is 0.833 bits per heavy atom. The Bertz CT molecular complexity index is 2890. The summed E-state index contributed by atoms with van der Waals surface area (Å²) in [4.78, 5) is 85.2. The molecule has 0 unspecified atom stereocenters. The second-order valence-corrected chi connectivity index (χ2v) is 22.2. The number of hydrogen-bond acceptors (Lipinski definition) is 13. The van der Waals surface area contributed by atoms with Crippen molar-refractivity contribution in [3.05, 3.63) is 119 Å². The van der Waals surface area contributed by atoms with E-state index in [2.05, 4.69) is 45.9 Å². The lowest BCUT2D eigenvalue weighted by molar-refractivity contribution is -0.144. The summed E-state index contributed by atoms with van der Waals surface area (Å²) < 4.78 is 5.33. The van der Waals surface area contributed by atoms with Crippen LogP contribution in [0.15, 0.2) is 101 Å². The molecule has 3 fully saturated rings. The lowest BCUT2D eigenvalue weighted by atomic mass is 9.85. The van der Waals surface area contributed by atoms with Crippen molar-refractivity contribution in [2.75, 3.05) is 81.5 Å². The van der Waals surface area contributed by atoms with Gasteiger partial charge in [0.15, 0.2) is 5.96 Å². The fraction of sp³-hybridized carbons (Fsp3) is 0.421. The molecule has 0 saturated carbocycles. The molecular weight excluding hydrogens is 1030 g/mol. The van der Waals surface area contributed by atoms with Crippen LogP contribution in [0.25, 0.3) is 10.4 Å². The highest BCUT2D eigenvalue weighted by molar-refractivity contribution is 7.13. The Hall–Kier alpha value is -7.10. The van der Waals surface area contributed by atoms with E-state index in [4.69, 9.17) is 16.2 Å². The number of hydrogen-bond donors (Lipinski definition) is 7. The number of amides is 5. The van der Waals surface area contributed by atoms with Gasteiger partial charge in [-0.05, 0) is 115 Å². The molecule has 9 N–H and O–H groups in total. The normalized spacial score (nSPS) is 17.6. The van der Waals surface area contributed by atoms with Crippen LogP contribution in [0.1, 0.15) is 67.2 Å². The maximum atomic E-state index is 14.2. The summed E-state index contributed by atoms with van der Waals surface area (Å²) in [5.74, 6) is -0.689. The number of piperidine rings is 1. The number of nitrogens with zero attached hydrogens (tertiary/aromatic N) is 6. The molecule has 0 bridgehead atoms. The van der Waals surface area contributed by atoms with E-state index < -0.39 is 23.6 Å². The molecule has 3 aliphatic heterocycles. The van der Waals surface area contributed by atoms with E-state index in [1.165, 1.54) is 12.0 Å². The Labute approximate surface area is 466 Å². The molecule has 1 aromatic heterocycles. The van der Waals surface area contributed by atoms with Crippen LogP contribution in [-0.4, -0.2) is 144 Å². The molecule has 78 heavy (non-hydrogen) atoms. The quantitative estimate of drug-likeness (QED) is 0.0422. The number of nitrogens with two attached hydrogens (primary N) is 2. The van der Waals surface area contributed by atoms with E-state index >= 15 is 0 Å². The van der Waals surface area contributed by atoms with Crippen molar-refractivity contribution in [2.24, 2.45) is 27.8 Å². The van der Waals surface area contributed by atoms with Crippen LogP contribution >= 0.6 is 23.7 Å². The van der Waals surface area contributed by atoms with Crippen LogP contribution in [0.4, 0.5) is 22.7 Å². The summed E-state index contributed by atoms with van der Waals surface area (Å²) in [5.41, 5.74) is 19.0. The van der Waals surface area contributed by atoms with E-state index in [0.717, 1.165) is 91.6 Å². The lowest BCUT2D eigenvalue weighted by Gasteiger charge is -2.40. The SMILES string of the molecule is COc1cc(C(=O)Nc2ccc(CC(=O)Nc3ccc(N4CCN(CC5CCN(CC(=O)N[C@H](C(=O)N6C[C@H](O)C[C@H]6C(=O)NCc6ccc(-c7scnc7C)cc6)C(C)(C)C)CC5)CC4)cc3)cc2)ccc1N=C(N)N.Cl. The van der Waals surface area contributed by atoms with Crippen LogP contribution in [0.3, 0.4) is 0 Å². The predicted molar refractivity (Wildman–Crippen MR) is 308 cm³/mol. The van der Waals surface area contributed by atoms with Gasteiger partial charge < -0.3 is 52.4 Å². The zero-order chi connectivity index (χ0) is 54.8. The number of guanidine groups is 1. The van der Waals surface area contributed by atoms with Crippen molar-refractivity contribution in [3.8, 4) is 16.2 Å².